The molecule has 21 heavy (non-hydrogen) atoms. The summed E-state index contributed by atoms with van der Waals surface area (Å²) in [4.78, 5) is 23.4. The van der Waals surface area contributed by atoms with Crippen LogP contribution in [-0.2, 0) is 26.7 Å². The zero-order valence-electron chi connectivity index (χ0n) is 12.2. The first-order chi connectivity index (χ1) is 9.01. The van der Waals surface area contributed by atoms with E-state index in [2.05, 4.69) is 10.6 Å². The third-order valence-corrected chi connectivity index (χ3v) is 2.37. The van der Waals surface area contributed by atoms with Gasteiger partial charge in [-0.1, -0.05) is 24.3 Å². The van der Waals surface area contributed by atoms with Gasteiger partial charge in [0.25, 0.3) is 0 Å². The van der Waals surface area contributed by atoms with E-state index in [1.165, 1.54) is 39.8 Å². The molecule has 1 aromatic rings. The van der Waals surface area contributed by atoms with Crippen LogP contribution in [0.1, 0.15) is 27.7 Å². The number of rotatable bonds is 4. The van der Waals surface area contributed by atoms with Crippen LogP contribution in [0.25, 0.3) is 10.6 Å². The van der Waals surface area contributed by atoms with Gasteiger partial charge in [0.15, 0.2) is 0 Å². The fraction of sp³-hybridized carbons (Fsp3) is 0.429. The minimum atomic E-state index is -1.60. The van der Waals surface area contributed by atoms with Crippen molar-refractivity contribution in [3.8, 4) is 0 Å². The minimum absolute atomic E-state index is 0. The molecule has 1 radical (unpaired) electrons. The van der Waals surface area contributed by atoms with Crippen molar-refractivity contribution in [2.75, 3.05) is 0 Å². The molecule has 2 N–H and O–H groups in total. The fourth-order valence-electron chi connectivity index (χ4n) is 1.15. The Balaban J connectivity index is 0.00000400. The van der Waals surface area contributed by atoms with Gasteiger partial charge in [0.1, 0.15) is 11.2 Å². The molecule has 0 atom stereocenters. The van der Waals surface area contributed by atoms with Crippen molar-refractivity contribution in [3.05, 3.63) is 34.9 Å². The molecule has 0 heterocycles. The van der Waals surface area contributed by atoms with Gasteiger partial charge in [-0.25, -0.2) is 0 Å². The number of nitrogens with zero attached hydrogens (tertiary/aromatic N) is 2. The number of hydrogen-bond donors (Lipinski definition) is 2. The Bertz CT molecular complexity index is 471. The van der Waals surface area contributed by atoms with E-state index >= 15 is 0 Å². The van der Waals surface area contributed by atoms with Gasteiger partial charge in [-0.05, 0) is 27.7 Å². The zero-order chi connectivity index (χ0) is 15.6. The third-order valence-electron chi connectivity index (χ3n) is 2.37. The first-order valence-corrected chi connectivity index (χ1v) is 6.08. The summed E-state index contributed by atoms with van der Waals surface area (Å²) in [5.74, 6) is -1.48. The zero-order valence-corrected chi connectivity index (χ0v) is 13.2. The molecule has 119 valence electrons. The summed E-state index contributed by atoms with van der Waals surface area (Å²) in [7, 11) is 0. The molecule has 0 saturated carbocycles. The summed E-state index contributed by atoms with van der Waals surface area (Å²) in [5.41, 5.74) is -2.88. The van der Waals surface area contributed by atoms with E-state index in [0.717, 1.165) is 0 Å². The number of amides is 2. The van der Waals surface area contributed by atoms with E-state index in [-0.39, 0.29) is 28.4 Å². The van der Waals surface area contributed by atoms with E-state index in [1.807, 2.05) is 0 Å². The maximum absolute atomic E-state index is 11.7. The number of aliphatic hydroxyl groups is 2. The van der Waals surface area contributed by atoms with Crippen LogP contribution in [0.15, 0.2) is 24.3 Å². The number of carbonyl (C=O) groups is 2. The van der Waals surface area contributed by atoms with Crippen molar-refractivity contribution in [3.63, 3.8) is 0 Å². The Hall–Kier alpha value is -1.40. The van der Waals surface area contributed by atoms with E-state index in [4.69, 9.17) is 0 Å². The van der Waals surface area contributed by atoms with E-state index < -0.39 is 23.0 Å². The molecule has 1 rings (SSSR count). The average Bonchev–Trinajstić information content (AvgIpc) is 2.29. The van der Waals surface area contributed by atoms with Gasteiger partial charge < -0.3 is 30.4 Å². The molecule has 1 aromatic carbocycles. The number of carbonyl (C=O) groups excluding carboxylic acids is 2. The van der Waals surface area contributed by atoms with Gasteiger partial charge in [-0.2, -0.15) is 0 Å². The van der Waals surface area contributed by atoms with E-state index in [9.17, 15) is 19.8 Å². The number of para-hydroxylation sites is 2. The standard InChI is InChI=1S/C14H20N2O4.Cu/c1-13(2,19)11(17)15-9-7-5-6-8-10(9)16-12(18)14(3,4)20;/h5-8,19-20H,1-4H3,(H2,15,16,17,18);/q;+2/p-2. The van der Waals surface area contributed by atoms with Crippen LogP contribution < -0.4 is 0 Å². The number of hydrogen-bond acceptors (Lipinski definition) is 4. The number of benzene rings is 1. The van der Waals surface area contributed by atoms with Crippen molar-refractivity contribution in [2.24, 2.45) is 0 Å². The van der Waals surface area contributed by atoms with Crippen molar-refractivity contribution < 1.29 is 36.9 Å². The first-order valence-electron chi connectivity index (χ1n) is 6.08. The summed E-state index contributed by atoms with van der Waals surface area (Å²) in [6.45, 7) is 5.28. The molecule has 2 amide bonds. The summed E-state index contributed by atoms with van der Waals surface area (Å²) < 4.78 is 0. The van der Waals surface area contributed by atoms with Crippen LogP contribution in [0.3, 0.4) is 0 Å². The van der Waals surface area contributed by atoms with Crippen LogP contribution in [0.4, 0.5) is 11.4 Å². The molecular formula is C14H18CuN2O4. The van der Waals surface area contributed by atoms with Gasteiger partial charge >= 0.3 is 17.1 Å². The summed E-state index contributed by atoms with van der Waals surface area (Å²) in [6, 6.07) is 6.26. The molecular weight excluding hydrogens is 324 g/mol. The summed E-state index contributed by atoms with van der Waals surface area (Å²) in [5, 5.41) is 26.6. The molecule has 0 aromatic heterocycles. The molecule has 0 spiro atoms. The Labute approximate surface area is 134 Å². The average molecular weight is 342 g/mol. The maximum Gasteiger partial charge on any atom is 2.00 e. The van der Waals surface area contributed by atoms with Gasteiger partial charge in [0.05, 0.1) is 11.8 Å². The molecule has 0 aliphatic rings. The second-order valence-electron chi connectivity index (χ2n) is 5.44. The monoisotopic (exact) mass is 341 g/mol. The van der Waals surface area contributed by atoms with Crippen LogP contribution in [0.5, 0.6) is 0 Å². The van der Waals surface area contributed by atoms with Gasteiger partial charge in [0, 0.05) is 0 Å². The van der Waals surface area contributed by atoms with Crippen molar-refractivity contribution in [2.45, 2.75) is 38.9 Å². The Morgan fingerprint density at radius 3 is 1.38 bits per heavy atom. The molecule has 0 unspecified atom stereocenters. The summed E-state index contributed by atoms with van der Waals surface area (Å²) in [6.07, 6.45) is 0. The predicted molar refractivity (Wildman–Crippen MR) is 75.1 cm³/mol. The van der Waals surface area contributed by atoms with Crippen LogP contribution in [0.2, 0.25) is 0 Å². The second kappa shape index (κ2) is 7.04. The van der Waals surface area contributed by atoms with Crippen LogP contribution >= 0.6 is 0 Å². The molecule has 7 heteroatoms. The Morgan fingerprint density at radius 1 is 0.857 bits per heavy atom. The van der Waals surface area contributed by atoms with Gasteiger partial charge in [0.2, 0.25) is 0 Å². The molecule has 6 nitrogen and oxygen atoms in total. The van der Waals surface area contributed by atoms with Crippen molar-refractivity contribution in [1.29, 1.82) is 0 Å². The molecule has 0 aliphatic heterocycles. The minimum Gasteiger partial charge on any atom is -0.625 e. The van der Waals surface area contributed by atoms with E-state index in [0.29, 0.717) is 0 Å². The SMILES string of the molecule is CC(C)(O)C(=O)[N-]c1ccccc1[N-]C(=O)C(C)(C)O.[Cu+2]. The second-order valence-corrected chi connectivity index (χ2v) is 5.44. The van der Waals surface area contributed by atoms with Crippen LogP contribution in [-0.4, -0.2) is 33.2 Å². The van der Waals surface area contributed by atoms with Gasteiger partial charge in [-0.15, -0.1) is 11.4 Å². The van der Waals surface area contributed by atoms with E-state index in [1.54, 1.807) is 12.1 Å². The third kappa shape index (κ3) is 5.85. The van der Waals surface area contributed by atoms with Gasteiger partial charge in [-0.3, -0.25) is 0 Å². The van der Waals surface area contributed by atoms with Crippen LogP contribution in [0, 0.1) is 0 Å². The van der Waals surface area contributed by atoms with Crippen molar-refractivity contribution >= 4 is 23.2 Å². The topological polar surface area (TPSA) is 103 Å². The fourth-order valence-corrected chi connectivity index (χ4v) is 1.15. The van der Waals surface area contributed by atoms with Crippen molar-refractivity contribution in [1.82, 2.24) is 0 Å². The Kier molecular flexibility index (Phi) is 6.57. The smallest absolute Gasteiger partial charge is 0.625 e. The molecule has 0 bridgehead atoms. The first kappa shape index (κ1) is 19.6. The summed E-state index contributed by atoms with van der Waals surface area (Å²) >= 11 is 0. The largest absolute Gasteiger partial charge is 2.00 e. The quantitative estimate of drug-likeness (QED) is 0.820. The maximum atomic E-state index is 11.7. The predicted octanol–water partition coefficient (Wildman–Crippen LogP) is 2.29. The Morgan fingerprint density at radius 2 is 1.14 bits per heavy atom. The molecule has 0 saturated heterocycles. The normalized spacial score (nSPS) is 11.3. The molecule has 0 aliphatic carbocycles. The molecule has 0 fully saturated rings.